The van der Waals surface area contributed by atoms with Crippen molar-refractivity contribution >= 4 is 28.5 Å². The largest absolute Gasteiger partial charge is 0.384 e. The van der Waals surface area contributed by atoms with E-state index in [1.807, 2.05) is 60.7 Å². The zero-order chi connectivity index (χ0) is 18.6. The number of benzene rings is 3. The van der Waals surface area contributed by atoms with E-state index in [1.54, 1.807) is 13.0 Å². The fourth-order valence-electron chi connectivity index (χ4n) is 2.75. The van der Waals surface area contributed by atoms with Crippen LogP contribution in [-0.4, -0.2) is 17.6 Å². The van der Waals surface area contributed by atoms with E-state index in [0.29, 0.717) is 5.56 Å². The summed E-state index contributed by atoms with van der Waals surface area (Å²) in [6.07, 6.45) is 0. The molecule has 0 radical (unpaired) electrons. The van der Waals surface area contributed by atoms with Crippen molar-refractivity contribution in [2.24, 2.45) is 0 Å². The van der Waals surface area contributed by atoms with Gasteiger partial charge in [-0.25, -0.2) is 0 Å². The number of aliphatic hydroxyl groups is 1. The summed E-state index contributed by atoms with van der Waals surface area (Å²) in [6, 6.07) is 25.3. The third kappa shape index (κ3) is 4.31. The maximum absolute atomic E-state index is 12.4. The molecule has 0 heterocycles. The summed E-state index contributed by atoms with van der Waals surface area (Å²) in [4.78, 5) is 12.4. The van der Waals surface area contributed by atoms with Crippen LogP contribution in [-0.2, 0) is 5.60 Å². The van der Waals surface area contributed by atoms with Crippen LogP contribution >= 0.6 is 22.6 Å². The van der Waals surface area contributed by atoms with Crippen LogP contribution < -0.4 is 5.32 Å². The first kappa shape index (κ1) is 18.6. The lowest BCUT2D eigenvalue weighted by Gasteiger charge is -2.24. The lowest BCUT2D eigenvalue weighted by Crippen LogP contribution is -2.38. The highest BCUT2D eigenvalue weighted by Crippen LogP contribution is 2.25. The van der Waals surface area contributed by atoms with Crippen molar-refractivity contribution < 1.29 is 9.90 Å². The van der Waals surface area contributed by atoms with E-state index in [-0.39, 0.29) is 12.5 Å². The maximum Gasteiger partial charge on any atom is 0.252 e. The molecule has 1 amide bonds. The standard InChI is InChI=1S/C22H20INO2/c1-22(26,15-24-21(25)19-9-5-6-10-20(19)23)18-13-11-17(12-14-18)16-7-3-2-4-8-16/h2-14,26H,15H2,1H3,(H,24,25). The predicted octanol–water partition coefficient (Wildman–Crippen LogP) is 4.60. The third-order valence-electron chi connectivity index (χ3n) is 4.33. The Bertz CT molecular complexity index is 890. The van der Waals surface area contributed by atoms with Gasteiger partial charge in [0.15, 0.2) is 0 Å². The molecule has 4 heteroatoms. The van der Waals surface area contributed by atoms with Gasteiger partial charge in [0.2, 0.25) is 0 Å². The van der Waals surface area contributed by atoms with E-state index in [9.17, 15) is 9.90 Å². The molecule has 1 atom stereocenters. The molecule has 26 heavy (non-hydrogen) atoms. The van der Waals surface area contributed by atoms with Crippen molar-refractivity contribution in [3.8, 4) is 11.1 Å². The van der Waals surface area contributed by atoms with E-state index in [1.165, 1.54) is 0 Å². The molecule has 3 rings (SSSR count). The highest BCUT2D eigenvalue weighted by Gasteiger charge is 2.24. The number of nitrogens with one attached hydrogen (secondary N) is 1. The molecule has 132 valence electrons. The van der Waals surface area contributed by atoms with Gasteiger partial charge in [0, 0.05) is 3.57 Å². The number of rotatable bonds is 5. The van der Waals surface area contributed by atoms with Gasteiger partial charge in [0.05, 0.1) is 12.1 Å². The summed E-state index contributed by atoms with van der Waals surface area (Å²) < 4.78 is 0.884. The smallest absolute Gasteiger partial charge is 0.252 e. The van der Waals surface area contributed by atoms with Crippen molar-refractivity contribution in [1.29, 1.82) is 0 Å². The molecule has 0 saturated carbocycles. The van der Waals surface area contributed by atoms with Gasteiger partial charge in [-0.1, -0.05) is 66.7 Å². The van der Waals surface area contributed by atoms with E-state index in [0.717, 1.165) is 20.3 Å². The monoisotopic (exact) mass is 457 g/mol. The molecule has 0 aliphatic carbocycles. The number of carbonyl (C=O) groups excluding carboxylic acids is 1. The van der Waals surface area contributed by atoms with Gasteiger partial charge in [-0.3, -0.25) is 4.79 Å². The fourth-order valence-corrected chi connectivity index (χ4v) is 3.38. The molecule has 0 fully saturated rings. The summed E-state index contributed by atoms with van der Waals surface area (Å²) in [7, 11) is 0. The zero-order valence-corrected chi connectivity index (χ0v) is 16.6. The van der Waals surface area contributed by atoms with Crippen LogP contribution in [0.15, 0.2) is 78.9 Å². The molecule has 3 aromatic carbocycles. The molecule has 0 aromatic heterocycles. The van der Waals surface area contributed by atoms with Crippen LogP contribution in [0, 0.1) is 3.57 Å². The van der Waals surface area contributed by atoms with E-state index in [2.05, 4.69) is 40.0 Å². The number of hydrogen-bond donors (Lipinski definition) is 2. The molecule has 0 saturated heterocycles. The minimum absolute atomic E-state index is 0.140. The highest BCUT2D eigenvalue weighted by atomic mass is 127. The summed E-state index contributed by atoms with van der Waals surface area (Å²) in [5.74, 6) is -0.184. The van der Waals surface area contributed by atoms with Crippen molar-refractivity contribution in [3.63, 3.8) is 0 Å². The van der Waals surface area contributed by atoms with E-state index >= 15 is 0 Å². The first-order valence-corrected chi connectivity index (χ1v) is 9.46. The Morgan fingerprint density at radius 3 is 2.15 bits per heavy atom. The summed E-state index contributed by atoms with van der Waals surface area (Å²) in [5.41, 5.74) is 2.45. The first-order valence-electron chi connectivity index (χ1n) is 8.38. The Kier molecular flexibility index (Phi) is 5.74. The Balaban J connectivity index is 1.70. The molecule has 0 spiro atoms. The Morgan fingerprint density at radius 2 is 1.50 bits per heavy atom. The molecule has 2 N–H and O–H groups in total. The predicted molar refractivity (Wildman–Crippen MR) is 113 cm³/mol. The normalized spacial score (nSPS) is 13.0. The second kappa shape index (κ2) is 8.01. The molecule has 1 unspecified atom stereocenters. The SMILES string of the molecule is CC(O)(CNC(=O)c1ccccc1I)c1ccc(-c2ccccc2)cc1. The summed E-state index contributed by atoms with van der Waals surface area (Å²) >= 11 is 2.13. The van der Waals surface area contributed by atoms with Crippen LogP contribution in [0.5, 0.6) is 0 Å². The van der Waals surface area contributed by atoms with E-state index in [4.69, 9.17) is 0 Å². The van der Waals surface area contributed by atoms with Crippen molar-refractivity contribution in [2.45, 2.75) is 12.5 Å². The molecular formula is C22H20INO2. The lowest BCUT2D eigenvalue weighted by atomic mass is 9.93. The van der Waals surface area contributed by atoms with Crippen LogP contribution in [0.4, 0.5) is 0 Å². The number of carbonyl (C=O) groups is 1. The van der Waals surface area contributed by atoms with Crippen LogP contribution in [0.25, 0.3) is 11.1 Å². The van der Waals surface area contributed by atoms with Crippen LogP contribution in [0.3, 0.4) is 0 Å². The zero-order valence-electron chi connectivity index (χ0n) is 14.4. The maximum atomic E-state index is 12.4. The van der Waals surface area contributed by atoms with Gasteiger partial charge < -0.3 is 10.4 Å². The fraction of sp³-hybridized carbons (Fsp3) is 0.136. The number of hydrogen-bond acceptors (Lipinski definition) is 2. The topological polar surface area (TPSA) is 49.3 Å². The summed E-state index contributed by atoms with van der Waals surface area (Å²) in [6.45, 7) is 1.85. The Hall–Kier alpha value is -2.18. The van der Waals surface area contributed by atoms with Gasteiger partial charge >= 0.3 is 0 Å². The van der Waals surface area contributed by atoms with Gasteiger partial charge in [-0.15, -0.1) is 0 Å². The molecule has 3 nitrogen and oxygen atoms in total. The average Bonchev–Trinajstić information content (AvgIpc) is 2.67. The minimum Gasteiger partial charge on any atom is -0.384 e. The number of halogens is 1. The average molecular weight is 457 g/mol. The minimum atomic E-state index is -1.15. The van der Waals surface area contributed by atoms with Crippen molar-refractivity contribution in [1.82, 2.24) is 5.32 Å². The molecule has 3 aromatic rings. The second-order valence-corrected chi connectivity index (χ2v) is 7.54. The van der Waals surface area contributed by atoms with Gasteiger partial charge in [-0.2, -0.15) is 0 Å². The van der Waals surface area contributed by atoms with Crippen LogP contribution in [0.2, 0.25) is 0 Å². The molecule has 0 aliphatic rings. The Morgan fingerprint density at radius 1 is 0.923 bits per heavy atom. The second-order valence-electron chi connectivity index (χ2n) is 6.38. The lowest BCUT2D eigenvalue weighted by molar-refractivity contribution is 0.0526. The van der Waals surface area contributed by atoms with Crippen LogP contribution in [0.1, 0.15) is 22.8 Å². The first-order chi connectivity index (χ1) is 12.5. The molecule has 0 bridgehead atoms. The highest BCUT2D eigenvalue weighted by molar-refractivity contribution is 14.1. The van der Waals surface area contributed by atoms with Gasteiger partial charge in [-0.05, 0) is 58.3 Å². The van der Waals surface area contributed by atoms with Crippen molar-refractivity contribution in [3.05, 3.63) is 93.6 Å². The van der Waals surface area contributed by atoms with Gasteiger partial charge in [0.1, 0.15) is 5.60 Å². The summed E-state index contributed by atoms with van der Waals surface area (Å²) in [5, 5.41) is 13.6. The Labute approximate surface area is 167 Å². The molecule has 0 aliphatic heterocycles. The van der Waals surface area contributed by atoms with E-state index < -0.39 is 5.60 Å². The van der Waals surface area contributed by atoms with Gasteiger partial charge in [0.25, 0.3) is 5.91 Å². The third-order valence-corrected chi connectivity index (χ3v) is 5.27. The quantitative estimate of drug-likeness (QED) is 0.551. The molecular weight excluding hydrogens is 437 g/mol. The number of amides is 1. The van der Waals surface area contributed by atoms with Crippen molar-refractivity contribution in [2.75, 3.05) is 6.54 Å².